The summed E-state index contributed by atoms with van der Waals surface area (Å²) in [5.74, 6) is 2.35. The zero-order chi connectivity index (χ0) is 20.5. The van der Waals surface area contributed by atoms with E-state index in [1.54, 1.807) is 0 Å². The highest BCUT2D eigenvalue weighted by Crippen LogP contribution is 2.33. The van der Waals surface area contributed by atoms with Gasteiger partial charge in [0, 0.05) is 31.2 Å². The van der Waals surface area contributed by atoms with E-state index in [1.807, 2.05) is 35.0 Å². The van der Waals surface area contributed by atoms with Gasteiger partial charge in [-0.3, -0.25) is 4.90 Å². The van der Waals surface area contributed by atoms with Crippen LogP contribution in [-0.2, 0) is 6.54 Å². The monoisotopic (exact) mass is 426 g/mol. The number of halogens is 1. The summed E-state index contributed by atoms with van der Waals surface area (Å²) < 4.78 is 12.8. The summed E-state index contributed by atoms with van der Waals surface area (Å²) in [6.07, 6.45) is 0. The summed E-state index contributed by atoms with van der Waals surface area (Å²) >= 11 is 6.14. The van der Waals surface area contributed by atoms with Gasteiger partial charge in [0.1, 0.15) is 0 Å². The second-order valence-electron chi connectivity index (χ2n) is 7.68. The Morgan fingerprint density at radius 1 is 1.00 bits per heavy atom. The van der Waals surface area contributed by atoms with Crippen molar-refractivity contribution in [2.24, 2.45) is 0 Å². The van der Waals surface area contributed by atoms with Gasteiger partial charge >= 0.3 is 0 Å². The standard InChI is InChI=1S/C21H23ClN6O2/c1-26-8-10-27(11-9-26)20(16-3-5-17(22)6-4-16)21-23-24-25-28(21)13-15-2-7-18-19(12-15)30-14-29-18/h2-7,12,20H,8-11,13-14H2,1H3. The smallest absolute Gasteiger partial charge is 0.231 e. The van der Waals surface area contributed by atoms with Crippen molar-refractivity contribution in [3.63, 3.8) is 0 Å². The third-order valence-corrected chi connectivity index (χ3v) is 5.91. The summed E-state index contributed by atoms with van der Waals surface area (Å²) in [5, 5.41) is 13.5. The van der Waals surface area contributed by atoms with E-state index in [0.29, 0.717) is 6.54 Å². The molecule has 1 fully saturated rings. The van der Waals surface area contributed by atoms with Gasteiger partial charge in [-0.2, -0.15) is 0 Å². The number of rotatable bonds is 5. The molecular weight excluding hydrogens is 404 g/mol. The van der Waals surface area contributed by atoms with Crippen LogP contribution in [0.3, 0.4) is 0 Å². The highest BCUT2D eigenvalue weighted by molar-refractivity contribution is 6.30. The number of piperazine rings is 1. The summed E-state index contributed by atoms with van der Waals surface area (Å²) in [6, 6.07) is 13.9. The van der Waals surface area contributed by atoms with E-state index in [-0.39, 0.29) is 12.8 Å². The van der Waals surface area contributed by atoms with Crippen LogP contribution in [-0.4, -0.2) is 70.0 Å². The van der Waals surface area contributed by atoms with Gasteiger partial charge in [0.05, 0.1) is 12.6 Å². The van der Waals surface area contributed by atoms with Crippen LogP contribution in [0.4, 0.5) is 0 Å². The molecule has 1 aromatic heterocycles. The molecule has 0 saturated carbocycles. The molecule has 2 aromatic carbocycles. The molecule has 0 aliphatic carbocycles. The lowest BCUT2D eigenvalue weighted by Crippen LogP contribution is -2.46. The average Bonchev–Trinajstić information content (AvgIpc) is 3.40. The van der Waals surface area contributed by atoms with Crippen LogP contribution in [0.2, 0.25) is 5.02 Å². The molecule has 1 unspecified atom stereocenters. The van der Waals surface area contributed by atoms with Crippen molar-refractivity contribution in [2.75, 3.05) is 40.0 Å². The van der Waals surface area contributed by atoms with Crippen LogP contribution in [0.5, 0.6) is 11.5 Å². The van der Waals surface area contributed by atoms with E-state index in [2.05, 4.69) is 44.5 Å². The first-order valence-corrected chi connectivity index (χ1v) is 10.4. The lowest BCUT2D eigenvalue weighted by Gasteiger charge is -2.37. The predicted octanol–water partition coefficient (Wildman–Crippen LogP) is 2.44. The first-order chi connectivity index (χ1) is 14.7. The van der Waals surface area contributed by atoms with E-state index in [1.165, 1.54) is 0 Å². The molecule has 0 spiro atoms. The van der Waals surface area contributed by atoms with Crippen molar-refractivity contribution in [2.45, 2.75) is 12.6 Å². The third kappa shape index (κ3) is 3.86. The molecule has 3 heterocycles. The Balaban J connectivity index is 1.47. The molecule has 9 heteroatoms. The summed E-state index contributed by atoms with van der Waals surface area (Å²) in [5.41, 5.74) is 2.19. The van der Waals surface area contributed by atoms with Crippen LogP contribution >= 0.6 is 11.6 Å². The zero-order valence-electron chi connectivity index (χ0n) is 16.7. The maximum atomic E-state index is 6.14. The van der Waals surface area contributed by atoms with Crippen LogP contribution in [0.25, 0.3) is 0 Å². The second-order valence-corrected chi connectivity index (χ2v) is 8.11. The van der Waals surface area contributed by atoms with Gasteiger partial charge in [0.2, 0.25) is 6.79 Å². The fraction of sp³-hybridized carbons (Fsp3) is 0.381. The van der Waals surface area contributed by atoms with Crippen molar-refractivity contribution >= 4 is 11.6 Å². The molecule has 1 saturated heterocycles. The number of nitrogens with zero attached hydrogens (tertiary/aromatic N) is 6. The molecule has 8 nitrogen and oxygen atoms in total. The Morgan fingerprint density at radius 3 is 2.57 bits per heavy atom. The highest BCUT2D eigenvalue weighted by Gasteiger charge is 2.30. The minimum absolute atomic E-state index is 0.0417. The minimum Gasteiger partial charge on any atom is -0.454 e. The molecule has 5 rings (SSSR count). The van der Waals surface area contributed by atoms with Gasteiger partial charge in [0.25, 0.3) is 0 Å². The number of ether oxygens (including phenoxy) is 2. The molecule has 3 aromatic rings. The van der Waals surface area contributed by atoms with Gasteiger partial charge in [0.15, 0.2) is 17.3 Å². The molecule has 156 valence electrons. The number of fused-ring (bicyclic) bond motifs is 1. The maximum Gasteiger partial charge on any atom is 0.231 e. The van der Waals surface area contributed by atoms with E-state index in [4.69, 9.17) is 21.1 Å². The van der Waals surface area contributed by atoms with Gasteiger partial charge < -0.3 is 14.4 Å². The average molecular weight is 427 g/mol. The number of benzene rings is 2. The fourth-order valence-electron chi connectivity index (χ4n) is 3.98. The number of likely N-dealkylation sites (N-methyl/N-ethyl adjacent to an activating group) is 1. The number of hydrogen-bond donors (Lipinski definition) is 0. The van der Waals surface area contributed by atoms with Crippen molar-refractivity contribution < 1.29 is 9.47 Å². The molecule has 0 radical (unpaired) electrons. The Bertz CT molecular complexity index is 1020. The summed E-state index contributed by atoms with van der Waals surface area (Å²) in [4.78, 5) is 4.77. The van der Waals surface area contributed by atoms with Crippen LogP contribution < -0.4 is 9.47 Å². The van der Waals surface area contributed by atoms with Gasteiger partial charge in [-0.15, -0.1) is 5.10 Å². The summed E-state index contributed by atoms with van der Waals surface area (Å²) in [6.45, 7) is 4.72. The largest absolute Gasteiger partial charge is 0.454 e. The molecular formula is C21H23ClN6O2. The van der Waals surface area contributed by atoms with Crippen LogP contribution in [0.15, 0.2) is 42.5 Å². The van der Waals surface area contributed by atoms with Crippen molar-refractivity contribution in [3.05, 3.63) is 64.4 Å². The Kier molecular flexibility index (Phi) is 5.28. The van der Waals surface area contributed by atoms with Gasteiger partial charge in [-0.1, -0.05) is 29.8 Å². The van der Waals surface area contributed by atoms with Gasteiger partial charge in [-0.05, 0) is 52.9 Å². The molecule has 1 atom stereocenters. The van der Waals surface area contributed by atoms with E-state index < -0.39 is 0 Å². The van der Waals surface area contributed by atoms with Crippen LogP contribution in [0, 0.1) is 0 Å². The van der Waals surface area contributed by atoms with E-state index >= 15 is 0 Å². The first-order valence-electron chi connectivity index (χ1n) is 10.00. The highest BCUT2D eigenvalue weighted by atomic mass is 35.5. The quantitative estimate of drug-likeness (QED) is 0.620. The van der Waals surface area contributed by atoms with Crippen molar-refractivity contribution in [1.29, 1.82) is 0 Å². The zero-order valence-corrected chi connectivity index (χ0v) is 17.5. The normalized spacial score (nSPS) is 17.9. The lowest BCUT2D eigenvalue weighted by molar-refractivity contribution is 0.121. The number of hydrogen-bond acceptors (Lipinski definition) is 7. The molecule has 0 amide bonds. The Morgan fingerprint density at radius 2 is 1.77 bits per heavy atom. The topological polar surface area (TPSA) is 68.5 Å². The van der Waals surface area contributed by atoms with E-state index in [0.717, 1.165) is 59.7 Å². The third-order valence-electron chi connectivity index (χ3n) is 5.66. The molecule has 30 heavy (non-hydrogen) atoms. The predicted molar refractivity (Wildman–Crippen MR) is 112 cm³/mol. The second kappa shape index (κ2) is 8.22. The SMILES string of the molecule is CN1CCN(C(c2ccc(Cl)cc2)c2nnnn2Cc2ccc3c(c2)OCO3)CC1. The van der Waals surface area contributed by atoms with Crippen molar-refractivity contribution in [1.82, 2.24) is 30.0 Å². The molecule has 0 bridgehead atoms. The number of tetrazole rings is 1. The summed E-state index contributed by atoms with van der Waals surface area (Å²) in [7, 11) is 2.15. The van der Waals surface area contributed by atoms with E-state index in [9.17, 15) is 0 Å². The van der Waals surface area contributed by atoms with Gasteiger partial charge in [-0.25, -0.2) is 4.68 Å². The molecule has 2 aliphatic heterocycles. The lowest BCUT2D eigenvalue weighted by atomic mass is 10.0. The molecule has 2 aliphatic rings. The van der Waals surface area contributed by atoms with Crippen LogP contribution in [0.1, 0.15) is 23.0 Å². The Labute approximate surface area is 179 Å². The maximum absolute atomic E-state index is 6.14. The Hall–Kier alpha value is -2.68. The minimum atomic E-state index is -0.0417. The molecule has 0 N–H and O–H groups in total. The fourth-order valence-corrected chi connectivity index (χ4v) is 4.11. The number of aromatic nitrogens is 4. The van der Waals surface area contributed by atoms with Crippen molar-refractivity contribution in [3.8, 4) is 11.5 Å². The first kappa shape index (κ1) is 19.3.